The van der Waals surface area contributed by atoms with Gasteiger partial charge in [-0.3, -0.25) is 4.98 Å². The van der Waals surface area contributed by atoms with Crippen molar-refractivity contribution in [1.82, 2.24) is 10.3 Å². The highest BCUT2D eigenvalue weighted by Gasteiger charge is 2.23. The fourth-order valence-corrected chi connectivity index (χ4v) is 3.44. The molecule has 0 fully saturated rings. The summed E-state index contributed by atoms with van der Waals surface area (Å²) in [6.45, 7) is 0.459. The van der Waals surface area contributed by atoms with Crippen LogP contribution in [-0.4, -0.2) is 22.7 Å². The molecule has 0 saturated carbocycles. The summed E-state index contributed by atoms with van der Waals surface area (Å²) in [5.41, 5.74) is 5.38. The number of pyridine rings is 1. The lowest BCUT2D eigenvalue weighted by molar-refractivity contribution is 0.194. The summed E-state index contributed by atoms with van der Waals surface area (Å²) in [5, 5.41) is 20.1. The van der Waals surface area contributed by atoms with Crippen LogP contribution < -0.4 is 5.32 Å². The van der Waals surface area contributed by atoms with Gasteiger partial charge in [-0.15, -0.1) is 0 Å². The fraction of sp³-hybridized carbons (Fsp3) is 0.316. The van der Waals surface area contributed by atoms with Crippen LogP contribution in [0.1, 0.15) is 41.9 Å². The van der Waals surface area contributed by atoms with Gasteiger partial charge in [0.05, 0.1) is 11.6 Å². The van der Waals surface area contributed by atoms with Crippen molar-refractivity contribution < 1.29 is 9.90 Å². The Bertz CT molecular complexity index is 778. The van der Waals surface area contributed by atoms with Crippen molar-refractivity contribution in [2.75, 3.05) is 6.54 Å². The van der Waals surface area contributed by atoms with E-state index < -0.39 is 6.09 Å². The van der Waals surface area contributed by atoms with Crippen LogP contribution in [0.25, 0.3) is 11.1 Å². The van der Waals surface area contributed by atoms with Gasteiger partial charge in [-0.25, -0.2) is 4.79 Å². The number of nitrogens with one attached hydrogen (secondary N) is 1. The van der Waals surface area contributed by atoms with Gasteiger partial charge in [-0.05, 0) is 60.4 Å². The van der Waals surface area contributed by atoms with E-state index in [4.69, 9.17) is 10.4 Å². The second-order valence-corrected chi connectivity index (χ2v) is 6.05. The summed E-state index contributed by atoms with van der Waals surface area (Å²) in [5.74, 6) is 0.339. The number of nitrogens with zero attached hydrogens (tertiary/aromatic N) is 2. The Balaban J connectivity index is 1.88. The molecule has 1 aliphatic rings. The number of carbonyl (C=O) groups is 1. The molecule has 1 heterocycles. The van der Waals surface area contributed by atoms with E-state index in [0.29, 0.717) is 18.0 Å². The molecule has 1 unspecified atom stereocenters. The highest BCUT2D eigenvalue weighted by atomic mass is 16.4. The molecule has 0 aliphatic heterocycles. The minimum absolute atomic E-state index is 0.339. The van der Waals surface area contributed by atoms with E-state index in [0.717, 1.165) is 36.8 Å². The molecule has 5 heteroatoms. The topological polar surface area (TPSA) is 86.0 Å². The van der Waals surface area contributed by atoms with Crippen molar-refractivity contribution in [3.8, 4) is 17.2 Å². The molecule has 1 aromatic carbocycles. The Hall–Kier alpha value is -2.87. The van der Waals surface area contributed by atoms with Crippen LogP contribution in [0.3, 0.4) is 0 Å². The Morgan fingerprint density at radius 1 is 1.33 bits per heavy atom. The Morgan fingerprint density at radius 3 is 2.83 bits per heavy atom. The minimum atomic E-state index is -0.976. The third-order valence-corrected chi connectivity index (χ3v) is 4.60. The first-order valence-corrected chi connectivity index (χ1v) is 8.13. The predicted molar refractivity (Wildman–Crippen MR) is 90.7 cm³/mol. The Kier molecular flexibility index (Phi) is 4.76. The molecule has 5 nitrogen and oxygen atoms in total. The zero-order valence-electron chi connectivity index (χ0n) is 13.3. The van der Waals surface area contributed by atoms with Crippen LogP contribution in [0.4, 0.5) is 4.79 Å². The van der Waals surface area contributed by atoms with E-state index in [2.05, 4.69) is 16.4 Å². The van der Waals surface area contributed by atoms with Gasteiger partial charge in [0.25, 0.3) is 0 Å². The molecule has 1 aromatic heterocycles. The van der Waals surface area contributed by atoms with Crippen LogP contribution in [0.15, 0.2) is 36.7 Å². The van der Waals surface area contributed by atoms with Gasteiger partial charge < -0.3 is 10.4 Å². The van der Waals surface area contributed by atoms with E-state index in [1.165, 1.54) is 11.1 Å². The Morgan fingerprint density at radius 2 is 2.12 bits per heavy atom. The molecule has 1 aliphatic carbocycles. The summed E-state index contributed by atoms with van der Waals surface area (Å²) >= 11 is 0. The minimum Gasteiger partial charge on any atom is -0.465 e. The number of rotatable bonds is 4. The van der Waals surface area contributed by atoms with E-state index in [9.17, 15) is 4.79 Å². The third kappa shape index (κ3) is 3.38. The molecular formula is C19H19N3O2. The predicted octanol–water partition coefficient (Wildman–Crippen LogP) is 3.70. The number of fused-ring (bicyclic) bond motifs is 1. The van der Waals surface area contributed by atoms with Crippen molar-refractivity contribution in [2.45, 2.75) is 31.6 Å². The van der Waals surface area contributed by atoms with Gasteiger partial charge in [0.2, 0.25) is 0 Å². The van der Waals surface area contributed by atoms with Gasteiger partial charge in [-0.2, -0.15) is 5.26 Å². The number of hydrogen-bond donors (Lipinski definition) is 2. The molecule has 0 saturated heterocycles. The number of hydrogen-bond acceptors (Lipinski definition) is 3. The average Bonchev–Trinajstić information content (AvgIpc) is 2.61. The summed E-state index contributed by atoms with van der Waals surface area (Å²) in [6.07, 6.45) is 6.79. The third-order valence-electron chi connectivity index (χ3n) is 4.60. The van der Waals surface area contributed by atoms with Gasteiger partial charge in [0, 0.05) is 24.5 Å². The monoisotopic (exact) mass is 321 g/mol. The molecule has 24 heavy (non-hydrogen) atoms. The molecule has 0 spiro atoms. The number of nitriles is 1. The molecule has 0 radical (unpaired) electrons. The van der Waals surface area contributed by atoms with Crippen LogP contribution in [0.5, 0.6) is 0 Å². The van der Waals surface area contributed by atoms with E-state index in [-0.39, 0.29) is 0 Å². The van der Waals surface area contributed by atoms with Crippen LogP contribution >= 0.6 is 0 Å². The number of aromatic nitrogens is 1. The zero-order chi connectivity index (χ0) is 16.9. The van der Waals surface area contributed by atoms with E-state index in [1.54, 1.807) is 0 Å². The number of amides is 1. The number of carboxylic acid groups (broad SMARTS) is 1. The lowest BCUT2D eigenvalue weighted by Crippen LogP contribution is -2.24. The van der Waals surface area contributed by atoms with Gasteiger partial charge >= 0.3 is 6.09 Å². The maximum absolute atomic E-state index is 10.6. The van der Waals surface area contributed by atoms with Crippen molar-refractivity contribution >= 4 is 6.09 Å². The van der Waals surface area contributed by atoms with Gasteiger partial charge in [0.15, 0.2) is 0 Å². The summed E-state index contributed by atoms with van der Waals surface area (Å²) in [7, 11) is 0. The number of benzene rings is 1. The second kappa shape index (κ2) is 7.14. The quantitative estimate of drug-likeness (QED) is 0.899. The van der Waals surface area contributed by atoms with Crippen molar-refractivity contribution in [3.05, 3.63) is 53.3 Å². The van der Waals surface area contributed by atoms with Crippen molar-refractivity contribution in [1.29, 1.82) is 5.26 Å². The first kappa shape index (κ1) is 16.0. The second-order valence-electron chi connectivity index (χ2n) is 6.05. The fourth-order valence-electron chi connectivity index (χ4n) is 3.44. The van der Waals surface area contributed by atoms with Crippen LogP contribution in [-0.2, 0) is 6.42 Å². The zero-order valence-corrected chi connectivity index (χ0v) is 13.3. The molecular weight excluding hydrogens is 302 g/mol. The van der Waals surface area contributed by atoms with Crippen molar-refractivity contribution in [2.24, 2.45) is 0 Å². The molecule has 122 valence electrons. The Labute approximate surface area is 141 Å². The normalized spacial score (nSPS) is 16.0. The lowest BCUT2D eigenvalue weighted by atomic mass is 9.79. The first-order chi connectivity index (χ1) is 11.7. The highest BCUT2D eigenvalue weighted by Crippen LogP contribution is 2.38. The lowest BCUT2D eigenvalue weighted by Gasteiger charge is -2.27. The molecule has 2 N–H and O–H groups in total. The van der Waals surface area contributed by atoms with Crippen molar-refractivity contribution in [3.63, 3.8) is 0 Å². The SMILES string of the molecule is N#Cc1ccc(-c2cncc3c2CCCC3CCNC(=O)O)cc1. The summed E-state index contributed by atoms with van der Waals surface area (Å²) in [6, 6.07) is 9.71. The average molecular weight is 321 g/mol. The maximum atomic E-state index is 10.6. The van der Waals surface area contributed by atoms with Crippen LogP contribution in [0.2, 0.25) is 0 Å². The smallest absolute Gasteiger partial charge is 0.404 e. The van der Waals surface area contributed by atoms with Gasteiger partial charge in [0.1, 0.15) is 0 Å². The standard InChI is InChI=1S/C19H19N3O2/c20-10-13-4-6-15(7-5-13)18-12-21-11-17-14(2-1-3-16(17)18)8-9-22-19(23)24/h4-7,11-12,14,22H,1-3,8-9H2,(H,23,24). The highest BCUT2D eigenvalue weighted by molar-refractivity contribution is 5.69. The molecule has 1 atom stereocenters. The largest absolute Gasteiger partial charge is 0.465 e. The summed E-state index contributed by atoms with van der Waals surface area (Å²) < 4.78 is 0. The molecule has 0 bridgehead atoms. The van der Waals surface area contributed by atoms with Crippen LogP contribution in [0, 0.1) is 11.3 Å². The van der Waals surface area contributed by atoms with E-state index >= 15 is 0 Å². The van der Waals surface area contributed by atoms with Gasteiger partial charge in [-0.1, -0.05) is 12.1 Å². The molecule has 1 amide bonds. The molecule has 2 aromatic rings. The molecule has 3 rings (SSSR count). The van der Waals surface area contributed by atoms with E-state index in [1.807, 2.05) is 36.7 Å². The summed E-state index contributed by atoms with van der Waals surface area (Å²) in [4.78, 5) is 15.0. The first-order valence-electron chi connectivity index (χ1n) is 8.13. The maximum Gasteiger partial charge on any atom is 0.404 e.